The molecule has 3 N–H and O–H groups in total. The third-order valence-corrected chi connectivity index (χ3v) is 4.54. The maximum absolute atomic E-state index is 12.9. The molecule has 2 atom stereocenters. The first-order chi connectivity index (χ1) is 13.0. The number of carbonyl (C=O) groups is 2. The fourth-order valence-electron chi connectivity index (χ4n) is 2.79. The molecule has 1 aromatic carbocycles. The number of aliphatic hydroxyl groups is 1. The molecule has 0 radical (unpaired) electrons. The van der Waals surface area contributed by atoms with Crippen molar-refractivity contribution >= 4 is 11.8 Å². The third kappa shape index (κ3) is 6.25. The zero-order chi connectivity index (χ0) is 20.9. The van der Waals surface area contributed by atoms with Crippen LogP contribution in [0, 0.1) is 11.2 Å². The molecule has 28 heavy (non-hydrogen) atoms. The number of hydrogen-bond donors (Lipinski definition) is 3. The topological polar surface area (TPSA) is 96.9 Å². The Balaban J connectivity index is 1.75. The maximum Gasteiger partial charge on any atom is 0.249 e. The highest BCUT2D eigenvalue weighted by atomic mass is 19.1. The summed E-state index contributed by atoms with van der Waals surface area (Å²) in [6.45, 7) is 7.94. The molecule has 156 valence electrons. The molecule has 8 heteroatoms. The number of nitrogens with one attached hydrogen (secondary N) is 2. The van der Waals surface area contributed by atoms with Gasteiger partial charge in [-0.1, -0.05) is 26.0 Å². The fraction of sp³-hybridized carbons (Fsp3) is 0.600. The molecule has 0 unspecified atom stereocenters. The highest BCUT2D eigenvalue weighted by molar-refractivity contribution is 5.82. The van der Waals surface area contributed by atoms with Crippen LogP contribution in [-0.2, 0) is 25.6 Å². The molecule has 1 aromatic rings. The fourth-order valence-corrected chi connectivity index (χ4v) is 2.79. The van der Waals surface area contributed by atoms with Gasteiger partial charge in [-0.3, -0.25) is 9.59 Å². The molecule has 1 aliphatic rings. The Hall–Kier alpha value is -2.03. The lowest BCUT2D eigenvalue weighted by Crippen LogP contribution is -2.56. The summed E-state index contributed by atoms with van der Waals surface area (Å²) in [5, 5.41) is 15.3. The van der Waals surface area contributed by atoms with Gasteiger partial charge in [0.05, 0.1) is 6.61 Å². The van der Waals surface area contributed by atoms with E-state index in [2.05, 4.69) is 10.6 Å². The first-order valence-electron chi connectivity index (χ1n) is 9.30. The van der Waals surface area contributed by atoms with Gasteiger partial charge in [-0.25, -0.2) is 4.39 Å². The normalized spacial score (nSPS) is 21.6. The SMILES string of the molecule is CC1(C)OCC(C)(C)[C@H](C(=O)NCC[C@H](O)C(=O)NCc2ccc(F)cc2)O1. The molecule has 0 spiro atoms. The van der Waals surface area contributed by atoms with Gasteiger partial charge in [0.15, 0.2) is 5.79 Å². The first-order valence-corrected chi connectivity index (χ1v) is 9.30. The molecule has 0 saturated carbocycles. The molecule has 1 heterocycles. The monoisotopic (exact) mass is 396 g/mol. The van der Waals surface area contributed by atoms with Gasteiger partial charge >= 0.3 is 0 Å². The second kappa shape index (κ2) is 8.98. The summed E-state index contributed by atoms with van der Waals surface area (Å²) in [7, 11) is 0. The Labute approximate surface area is 164 Å². The standard InChI is InChI=1S/C20H29FN2O5/c1-19(2)12-27-20(3,4)28-16(19)18(26)22-10-9-15(24)17(25)23-11-13-5-7-14(21)8-6-13/h5-8,15-16,24H,9-12H2,1-4H3,(H,22,26)(H,23,25)/t15-,16-/m0/s1. The van der Waals surface area contributed by atoms with Crippen LogP contribution in [-0.4, -0.2) is 48.1 Å². The van der Waals surface area contributed by atoms with E-state index in [1.807, 2.05) is 13.8 Å². The van der Waals surface area contributed by atoms with E-state index in [-0.39, 0.29) is 31.2 Å². The molecule has 7 nitrogen and oxygen atoms in total. The lowest BCUT2D eigenvalue weighted by Gasteiger charge is -2.44. The minimum atomic E-state index is -1.26. The molecule has 1 saturated heterocycles. The summed E-state index contributed by atoms with van der Waals surface area (Å²) < 4.78 is 24.2. The molecule has 0 aliphatic carbocycles. The van der Waals surface area contributed by atoms with E-state index >= 15 is 0 Å². The van der Waals surface area contributed by atoms with Crippen molar-refractivity contribution in [2.24, 2.45) is 5.41 Å². The summed E-state index contributed by atoms with van der Waals surface area (Å²) in [6, 6.07) is 5.71. The predicted molar refractivity (Wildman–Crippen MR) is 101 cm³/mol. The smallest absolute Gasteiger partial charge is 0.249 e. The van der Waals surface area contributed by atoms with Crippen LogP contribution in [0.5, 0.6) is 0 Å². The zero-order valence-electron chi connectivity index (χ0n) is 16.8. The predicted octanol–water partition coefficient (Wildman–Crippen LogP) is 1.49. The van der Waals surface area contributed by atoms with Gasteiger partial charge in [0.1, 0.15) is 18.0 Å². The molecular formula is C20H29FN2O5. The molecule has 1 aliphatic heterocycles. The number of ether oxygens (including phenoxy) is 2. The Morgan fingerprint density at radius 2 is 1.86 bits per heavy atom. The summed E-state index contributed by atoms with van der Waals surface area (Å²) in [5.74, 6) is -2.06. The van der Waals surface area contributed by atoms with Crippen molar-refractivity contribution in [3.8, 4) is 0 Å². The van der Waals surface area contributed by atoms with Gasteiger partial charge in [0.2, 0.25) is 11.8 Å². The van der Waals surface area contributed by atoms with Crippen LogP contribution in [0.25, 0.3) is 0 Å². The van der Waals surface area contributed by atoms with Crippen molar-refractivity contribution in [2.45, 2.75) is 58.7 Å². The van der Waals surface area contributed by atoms with Crippen molar-refractivity contribution < 1.29 is 28.6 Å². The van der Waals surface area contributed by atoms with Gasteiger partial charge < -0.3 is 25.2 Å². The Morgan fingerprint density at radius 3 is 2.50 bits per heavy atom. The van der Waals surface area contributed by atoms with E-state index in [9.17, 15) is 19.1 Å². The van der Waals surface area contributed by atoms with E-state index in [4.69, 9.17) is 9.47 Å². The van der Waals surface area contributed by atoms with E-state index < -0.39 is 29.3 Å². The van der Waals surface area contributed by atoms with Gasteiger partial charge in [0.25, 0.3) is 0 Å². The summed E-state index contributed by atoms with van der Waals surface area (Å²) in [6.07, 6.45) is -1.89. The lowest BCUT2D eigenvalue weighted by molar-refractivity contribution is -0.304. The Bertz CT molecular complexity index is 690. The number of hydrogen-bond acceptors (Lipinski definition) is 5. The summed E-state index contributed by atoms with van der Waals surface area (Å²) in [5.41, 5.74) is 0.224. The van der Waals surface area contributed by atoms with Crippen LogP contribution in [0.15, 0.2) is 24.3 Å². The van der Waals surface area contributed by atoms with Crippen LogP contribution in [0.4, 0.5) is 4.39 Å². The molecular weight excluding hydrogens is 367 g/mol. The van der Waals surface area contributed by atoms with Gasteiger partial charge in [-0.2, -0.15) is 0 Å². The third-order valence-electron chi connectivity index (χ3n) is 4.54. The summed E-state index contributed by atoms with van der Waals surface area (Å²) >= 11 is 0. The molecule has 2 rings (SSSR count). The number of halogens is 1. The number of carbonyl (C=O) groups excluding carboxylic acids is 2. The maximum atomic E-state index is 12.9. The minimum absolute atomic E-state index is 0.0635. The lowest BCUT2D eigenvalue weighted by atomic mass is 9.85. The highest BCUT2D eigenvalue weighted by Gasteiger charge is 2.45. The quantitative estimate of drug-likeness (QED) is 0.649. The minimum Gasteiger partial charge on any atom is -0.383 e. The van der Waals surface area contributed by atoms with Crippen LogP contribution in [0.2, 0.25) is 0 Å². The molecule has 0 aromatic heterocycles. The number of amides is 2. The Kier molecular flexibility index (Phi) is 7.14. The second-order valence-electron chi connectivity index (χ2n) is 8.11. The average molecular weight is 396 g/mol. The van der Waals surface area contributed by atoms with Crippen molar-refractivity contribution in [1.82, 2.24) is 10.6 Å². The van der Waals surface area contributed by atoms with Crippen LogP contribution < -0.4 is 10.6 Å². The number of aliphatic hydroxyl groups excluding tert-OH is 1. The van der Waals surface area contributed by atoms with Crippen molar-refractivity contribution in [3.05, 3.63) is 35.6 Å². The van der Waals surface area contributed by atoms with Crippen LogP contribution in [0.3, 0.4) is 0 Å². The van der Waals surface area contributed by atoms with Gasteiger partial charge in [0, 0.05) is 18.5 Å². The zero-order valence-corrected chi connectivity index (χ0v) is 16.8. The highest BCUT2D eigenvalue weighted by Crippen LogP contribution is 2.34. The van der Waals surface area contributed by atoms with Crippen molar-refractivity contribution in [3.63, 3.8) is 0 Å². The van der Waals surface area contributed by atoms with Crippen LogP contribution in [0.1, 0.15) is 39.7 Å². The van der Waals surface area contributed by atoms with Crippen molar-refractivity contribution in [2.75, 3.05) is 13.2 Å². The van der Waals surface area contributed by atoms with E-state index in [1.165, 1.54) is 12.1 Å². The first kappa shape index (κ1) is 22.3. The van der Waals surface area contributed by atoms with E-state index in [0.29, 0.717) is 6.61 Å². The van der Waals surface area contributed by atoms with E-state index in [0.717, 1.165) is 5.56 Å². The molecule has 1 fully saturated rings. The second-order valence-corrected chi connectivity index (χ2v) is 8.11. The Morgan fingerprint density at radius 1 is 1.21 bits per heavy atom. The van der Waals surface area contributed by atoms with Gasteiger partial charge in [-0.15, -0.1) is 0 Å². The largest absolute Gasteiger partial charge is 0.383 e. The molecule has 0 bridgehead atoms. The van der Waals surface area contributed by atoms with Gasteiger partial charge in [-0.05, 0) is 38.0 Å². The molecule has 2 amide bonds. The number of rotatable bonds is 7. The van der Waals surface area contributed by atoms with Crippen LogP contribution >= 0.6 is 0 Å². The number of benzene rings is 1. The van der Waals surface area contributed by atoms with E-state index in [1.54, 1.807) is 26.0 Å². The van der Waals surface area contributed by atoms with Crippen molar-refractivity contribution in [1.29, 1.82) is 0 Å². The summed E-state index contributed by atoms with van der Waals surface area (Å²) in [4.78, 5) is 24.4. The average Bonchev–Trinajstić information content (AvgIpc) is 2.63.